The van der Waals surface area contributed by atoms with E-state index in [1.165, 1.54) is 0 Å². The van der Waals surface area contributed by atoms with Crippen LogP contribution in [0.2, 0.25) is 5.02 Å². The van der Waals surface area contributed by atoms with Crippen molar-refractivity contribution in [2.24, 2.45) is 0 Å². The number of amides is 1. The van der Waals surface area contributed by atoms with Gasteiger partial charge < -0.3 is 20.3 Å². The molecule has 0 saturated carbocycles. The minimum atomic E-state index is -0.115. The number of ether oxygens (including phenoxy) is 1. The monoisotopic (exact) mass is 421 g/mol. The molecule has 1 amide bonds. The molecule has 0 atom stereocenters. The fourth-order valence-electron chi connectivity index (χ4n) is 3.49. The van der Waals surface area contributed by atoms with Gasteiger partial charge in [0.25, 0.3) is 0 Å². The Labute approximate surface area is 181 Å². The van der Waals surface area contributed by atoms with Crippen LogP contribution in [-0.2, 0) is 9.53 Å². The second kappa shape index (κ2) is 9.65. The molecule has 0 spiro atoms. The Kier molecular flexibility index (Phi) is 6.52. The highest BCUT2D eigenvalue weighted by molar-refractivity contribution is 6.31. The van der Waals surface area contributed by atoms with E-state index in [0.717, 1.165) is 41.3 Å². The van der Waals surface area contributed by atoms with Gasteiger partial charge in [0.15, 0.2) is 0 Å². The Morgan fingerprint density at radius 3 is 2.37 bits per heavy atom. The van der Waals surface area contributed by atoms with Gasteiger partial charge in [-0.2, -0.15) is 0 Å². The molecule has 3 aromatic carbocycles. The number of halogens is 1. The molecular formula is C24H24ClN3O2. The lowest BCUT2D eigenvalue weighted by atomic mass is 10.1. The van der Waals surface area contributed by atoms with Crippen LogP contribution in [0.15, 0.2) is 72.8 Å². The molecule has 1 heterocycles. The average Bonchev–Trinajstić information content (AvgIpc) is 2.79. The van der Waals surface area contributed by atoms with Crippen LogP contribution in [-0.4, -0.2) is 38.8 Å². The molecule has 0 bridgehead atoms. The third-order valence-electron chi connectivity index (χ3n) is 5.03. The largest absolute Gasteiger partial charge is 0.378 e. The van der Waals surface area contributed by atoms with Gasteiger partial charge >= 0.3 is 0 Å². The van der Waals surface area contributed by atoms with Crippen LogP contribution in [0, 0.1) is 0 Å². The fourth-order valence-corrected chi connectivity index (χ4v) is 3.66. The van der Waals surface area contributed by atoms with E-state index in [1.807, 2.05) is 60.7 Å². The van der Waals surface area contributed by atoms with Crippen LogP contribution in [0.25, 0.3) is 11.1 Å². The van der Waals surface area contributed by atoms with Crippen molar-refractivity contribution in [1.82, 2.24) is 0 Å². The number of rotatable bonds is 6. The van der Waals surface area contributed by atoms with Crippen molar-refractivity contribution >= 4 is 34.6 Å². The van der Waals surface area contributed by atoms with Gasteiger partial charge in [-0.05, 0) is 41.5 Å². The predicted octanol–water partition coefficient (Wildman–Crippen LogP) is 4.89. The first-order valence-corrected chi connectivity index (χ1v) is 10.4. The van der Waals surface area contributed by atoms with Gasteiger partial charge in [0, 0.05) is 23.8 Å². The van der Waals surface area contributed by atoms with E-state index in [0.29, 0.717) is 18.2 Å². The quantitative estimate of drug-likeness (QED) is 0.594. The smallest absolute Gasteiger partial charge is 0.243 e. The number of nitrogens with one attached hydrogen (secondary N) is 2. The highest BCUT2D eigenvalue weighted by atomic mass is 35.5. The Balaban J connectivity index is 1.37. The summed E-state index contributed by atoms with van der Waals surface area (Å²) in [7, 11) is 0. The maximum atomic E-state index is 12.5. The summed E-state index contributed by atoms with van der Waals surface area (Å²) in [6.07, 6.45) is 0. The minimum Gasteiger partial charge on any atom is -0.378 e. The van der Waals surface area contributed by atoms with Gasteiger partial charge in [-0.3, -0.25) is 4.79 Å². The highest BCUT2D eigenvalue weighted by Gasteiger charge is 2.15. The van der Waals surface area contributed by atoms with E-state index < -0.39 is 0 Å². The lowest BCUT2D eigenvalue weighted by molar-refractivity contribution is -0.114. The number of morpholine rings is 1. The van der Waals surface area contributed by atoms with E-state index >= 15 is 0 Å². The number of nitrogens with zero attached hydrogens (tertiary/aromatic N) is 1. The van der Waals surface area contributed by atoms with Crippen molar-refractivity contribution in [3.8, 4) is 11.1 Å². The molecule has 1 saturated heterocycles. The van der Waals surface area contributed by atoms with Gasteiger partial charge in [-0.25, -0.2) is 0 Å². The van der Waals surface area contributed by atoms with E-state index in [9.17, 15) is 4.79 Å². The molecule has 0 unspecified atom stereocenters. The average molecular weight is 422 g/mol. The molecule has 4 rings (SSSR count). The number of hydrogen-bond acceptors (Lipinski definition) is 4. The molecule has 1 aliphatic heterocycles. The second-order valence-electron chi connectivity index (χ2n) is 7.11. The van der Waals surface area contributed by atoms with E-state index in [1.54, 1.807) is 0 Å². The lowest BCUT2D eigenvalue weighted by Crippen LogP contribution is -2.36. The molecule has 0 radical (unpaired) electrons. The molecule has 154 valence electrons. The summed E-state index contributed by atoms with van der Waals surface area (Å²) < 4.78 is 5.43. The van der Waals surface area contributed by atoms with Gasteiger partial charge in [-0.1, -0.05) is 54.1 Å². The fraction of sp³-hybridized carbons (Fsp3) is 0.208. The Bertz CT molecular complexity index is 987. The number of carbonyl (C=O) groups excluding carboxylic acids is 1. The molecule has 30 heavy (non-hydrogen) atoms. The first-order chi connectivity index (χ1) is 14.7. The van der Waals surface area contributed by atoms with Crippen molar-refractivity contribution in [1.29, 1.82) is 0 Å². The van der Waals surface area contributed by atoms with Gasteiger partial charge in [-0.15, -0.1) is 0 Å². The molecular weight excluding hydrogens is 398 g/mol. The van der Waals surface area contributed by atoms with Crippen molar-refractivity contribution in [3.05, 3.63) is 77.8 Å². The van der Waals surface area contributed by atoms with Crippen LogP contribution in [0.1, 0.15) is 0 Å². The molecule has 0 aromatic heterocycles. The zero-order valence-electron chi connectivity index (χ0n) is 16.6. The molecule has 3 aromatic rings. The normalized spacial score (nSPS) is 13.7. The third kappa shape index (κ3) is 5.12. The molecule has 2 N–H and O–H groups in total. The van der Waals surface area contributed by atoms with Gasteiger partial charge in [0.1, 0.15) is 0 Å². The van der Waals surface area contributed by atoms with E-state index in [2.05, 4.69) is 27.7 Å². The summed E-state index contributed by atoms with van der Waals surface area (Å²) in [6.45, 7) is 3.17. The van der Waals surface area contributed by atoms with Crippen LogP contribution in [0.4, 0.5) is 17.1 Å². The van der Waals surface area contributed by atoms with Crippen LogP contribution in [0.5, 0.6) is 0 Å². The first-order valence-electron chi connectivity index (χ1n) is 10.0. The summed E-state index contributed by atoms with van der Waals surface area (Å²) in [5.74, 6) is -0.115. The van der Waals surface area contributed by atoms with E-state index in [-0.39, 0.29) is 12.5 Å². The minimum absolute atomic E-state index is 0.115. The number of benzene rings is 3. The van der Waals surface area contributed by atoms with Crippen molar-refractivity contribution in [2.75, 3.05) is 48.4 Å². The summed E-state index contributed by atoms with van der Waals surface area (Å²) in [4.78, 5) is 14.7. The summed E-state index contributed by atoms with van der Waals surface area (Å²) in [5, 5.41) is 6.80. The summed E-state index contributed by atoms with van der Waals surface area (Å²) in [6, 6.07) is 23.7. The molecule has 0 aliphatic carbocycles. The zero-order valence-corrected chi connectivity index (χ0v) is 17.4. The third-order valence-corrected chi connectivity index (χ3v) is 5.26. The SMILES string of the molecule is O=C(CNc1cc(Cl)ccc1N1CCOCC1)Nc1ccc(-c2ccccc2)cc1. The standard InChI is InChI=1S/C24H24ClN3O2/c25-20-8-11-23(28-12-14-30-15-13-28)22(16-20)26-17-24(29)27-21-9-6-19(7-10-21)18-4-2-1-3-5-18/h1-11,16,26H,12-15,17H2,(H,27,29). The molecule has 1 fully saturated rings. The predicted molar refractivity (Wildman–Crippen MR) is 123 cm³/mol. The van der Waals surface area contributed by atoms with E-state index in [4.69, 9.17) is 16.3 Å². The van der Waals surface area contributed by atoms with Crippen LogP contribution >= 0.6 is 11.6 Å². The molecule has 6 heteroatoms. The maximum absolute atomic E-state index is 12.5. The van der Waals surface area contributed by atoms with Crippen molar-refractivity contribution in [2.45, 2.75) is 0 Å². The Hall–Kier alpha value is -3.02. The Morgan fingerprint density at radius 2 is 1.63 bits per heavy atom. The van der Waals surface area contributed by atoms with Gasteiger partial charge in [0.05, 0.1) is 31.1 Å². The van der Waals surface area contributed by atoms with Crippen LogP contribution in [0.3, 0.4) is 0 Å². The highest BCUT2D eigenvalue weighted by Crippen LogP contribution is 2.30. The summed E-state index contributed by atoms with van der Waals surface area (Å²) in [5.41, 5.74) is 4.90. The lowest BCUT2D eigenvalue weighted by Gasteiger charge is -2.30. The Morgan fingerprint density at radius 1 is 0.933 bits per heavy atom. The number of hydrogen-bond donors (Lipinski definition) is 2. The topological polar surface area (TPSA) is 53.6 Å². The van der Waals surface area contributed by atoms with Crippen LogP contribution < -0.4 is 15.5 Å². The summed E-state index contributed by atoms with van der Waals surface area (Å²) >= 11 is 6.18. The van der Waals surface area contributed by atoms with Gasteiger partial charge in [0.2, 0.25) is 5.91 Å². The van der Waals surface area contributed by atoms with Crippen molar-refractivity contribution < 1.29 is 9.53 Å². The molecule has 5 nitrogen and oxygen atoms in total. The molecule has 1 aliphatic rings. The second-order valence-corrected chi connectivity index (χ2v) is 7.54. The zero-order chi connectivity index (χ0) is 20.8. The number of carbonyl (C=O) groups is 1. The maximum Gasteiger partial charge on any atom is 0.243 e. The number of anilines is 3. The van der Waals surface area contributed by atoms with Crippen molar-refractivity contribution in [3.63, 3.8) is 0 Å². The first kappa shape index (κ1) is 20.3.